The van der Waals surface area contributed by atoms with E-state index in [9.17, 15) is 0 Å². The van der Waals surface area contributed by atoms with Gasteiger partial charge in [0.05, 0.1) is 0 Å². The Morgan fingerprint density at radius 1 is 1.29 bits per heavy atom. The molecule has 1 aromatic rings. The van der Waals surface area contributed by atoms with Crippen molar-refractivity contribution >= 4 is 11.3 Å². The van der Waals surface area contributed by atoms with E-state index in [0.717, 1.165) is 16.4 Å². The SMILES string of the molecule is CC(Cc1nnc(CN)s1)C(C)(C)C. The van der Waals surface area contributed by atoms with Crippen molar-refractivity contribution in [2.75, 3.05) is 0 Å². The maximum atomic E-state index is 5.49. The van der Waals surface area contributed by atoms with E-state index in [2.05, 4.69) is 37.9 Å². The van der Waals surface area contributed by atoms with E-state index in [1.165, 1.54) is 0 Å². The Morgan fingerprint density at radius 3 is 2.29 bits per heavy atom. The minimum Gasteiger partial charge on any atom is -0.324 e. The first-order valence-corrected chi connectivity index (χ1v) is 5.76. The average molecular weight is 213 g/mol. The number of rotatable bonds is 3. The van der Waals surface area contributed by atoms with Crippen LogP contribution in [0, 0.1) is 11.3 Å². The zero-order valence-corrected chi connectivity index (χ0v) is 10.2. The first kappa shape index (κ1) is 11.6. The maximum absolute atomic E-state index is 5.49. The van der Waals surface area contributed by atoms with E-state index < -0.39 is 0 Å². The second-order valence-electron chi connectivity index (χ2n) is 4.76. The van der Waals surface area contributed by atoms with Gasteiger partial charge in [-0.15, -0.1) is 21.5 Å². The summed E-state index contributed by atoms with van der Waals surface area (Å²) in [6.45, 7) is 9.51. The van der Waals surface area contributed by atoms with E-state index in [-0.39, 0.29) is 0 Å². The number of nitrogens with two attached hydrogens (primary N) is 1. The number of hydrogen-bond donors (Lipinski definition) is 1. The van der Waals surface area contributed by atoms with Gasteiger partial charge in [0.25, 0.3) is 0 Å². The van der Waals surface area contributed by atoms with Crippen molar-refractivity contribution in [1.29, 1.82) is 0 Å². The summed E-state index contributed by atoms with van der Waals surface area (Å²) in [7, 11) is 0. The Kier molecular flexibility index (Phi) is 3.61. The quantitative estimate of drug-likeness (QED) is 0.837. The molecule has 0 spiro atoms. The Labute approximate surface area is 89.7 Å². The van der Waals surface area contributed by atoms with Crippen LogP contribution >= 0.6 is 11.3 Å². The summed E-state index contributed by atoms with van der Waals surface area (Å²) < 4.78 is 0. The zero-order chi connectivity index (χ0) is 10.8. The standard InChI is InChI=1S/C10H19N3S/c1-7(10(2,3)4)5-8-12-13-9(6-11)14-8/h7H,5-6,11H2,1-4H3. The molecule has 80 valence electrons. The van der Waals surface area contributed by atoms with Crippen LogP contribution in [0.5, 0.6) is 0 Å². The summed E-state index contributed by atoms with van der Waals surface area (Å²) in [6.07, 6.45) is 1.00. The molecule has 14 heavy (non-hydrogen) atoms. The minimum atomic E-state index is 0.328. The van der Waals surface area contributed by atoms with Crippen LogP contribution in [0.25, 0.3) is 0 Å². The average Bonchev–Trinajstić information content (AvgIpc) is 2.50. The Morgan fingerprint density at radius 2 is 1.86 bits per heavy atom. The smallest absolute Gasteiger partial charge is 0.131 e. The molecule has 0 saturated heterocycles. The van der Waals surface area contributed by atoms with Gasteiger partial charge >= 0.3 is 0 Å². The molecule has 0 aliphatic heterocycles. The Balaban J connectivity index is 2.60. The van der Waals surface area contributed by atoms with Gasteiger partial charge < -0.3 is 5.73 Å². The van der Waals surface area contributed by atoms with Crippen molar-refractivity contribution < 1.29 is 0 Å². The van der Waals surface area contributed by atoms with Gasteiger partial charge in [-0.25, -0.2) is 0 Å². The molecule has 0 fully saturated rings. The van der Waals surface area contributed by atoms with Gasteiger partial charge in [-0.2, -0.15) is 0 Å². The number of nitrogens with zero attached hydrogens (tertiary/aromatic N) is 2. The summed E-state index contributed by atoms with van der Waals surface area (Å²) in [5, 5.41) is 10.2. The highest BCUT2D eigenvalue weighted by Crippen LogP contribution is 2.29. The largest absolute Gasteiger partial charge is 0.324 e. The Hall–Kier alpha value is -0.480. The van der Waals surface area contributed by atoms with Crippen LogP contribution in [-0.2, 0) is 13.0 Å². The highest BCUT2D eigenvalue weighted by Gasteiger charge is 2.21. The molecule has 0 radical (unpaired) electrons. The lowest BCUT2D eigenvalue weighted by molar-refractivity contribution is 0.259. The van der Waals surface area contributed by atoms with Crippen molar-refractivity contribution in [3.8, 4) is 0 Å². The highest BCUT2D eigenvalue weighted by molar-refractivity contribution is 7.11. The lowest BCUT2D eigenvalue weighted by Gasteiger charge is -2.26. The summed E-state index contributed by atoms with van der Waals surface area (Å²) in [4.78, 5) is 0. The second kappa shape index (κ2) is 4.36. The molecule has 0 aliphatic rings. The molecule has 1 unspecified atom stereocenters. The third-order valence-electron chi connectivity index (χ3n) is 2.64. The van der Waals surface area contributed by atoms with Gasteiger partial charge in [0.15, 0.2) is 0 Å². The van der Waals surface area contributed by atoms with Gasteiger partial charge in [-0.3, -0.25) is 0 Å². The molecule has 0 saturated carbocycles. The summed E-state index contributed by atoms with van der Waals surface area (Å²) in [6, 6.07) is 0. The van der Waals surface area contributed by atoms with E-state index in [1.54, 1.807) is 11.3 Å². The Bertz CT molecular complexity index is 288. The molecular weight excluding hydrogens is 194 g/mol. The highest BCUT2D eigenvalue weighted by atomic mass is 32.1. The van der Waals surface area contributed by atoms with Crippen LogP contribution in [0.3, 0.4) is 0 Å². The zero-order valence-electron chi connectivity index (χ0n) is 9.37. The minimum absolute atomic E-state index is 0.328. The fourth-order valence-electron chi connectivity index (χ4n) is 1.02. The van der Waals surface area contributed by atoms with Crippen molar-refractivity contribution in [2.24, 2.45) is 17.1 Å². The predicted octanol–water partition coefficient (Wildman–Crippen LogP) is 2.22. The van der Waals surface area contributed by atoms with Gasteiger partial charge in [0, 0.05) is 13.0 Å². The van der Waals surface area contributed by atoms with E-state index in [0.29, 0.717) is 17.9 Å². The fourth-order valence-corrected chi connectivity index (χ4v) is 1.87. The topological polar surface area (TPSA) is 51.8 Å². The molecule has 0 bridgehead atoms. The van der Waals surface area contributed by atoms with Crippen molar-refractivity contribution in [3.63, 3.8) is 0 Å². The molecule has 0 amide bonds. The summed E-state index contributed by atoms with van der Waals surface area (Å²) in [5.41, 5.74) is 5.82. The summed E-state index contributed by atoms with van der Waals surface area (Å²) >= 11 is 1.63. The van der Waals surface area contributed by atoms with Crippen LogP contribution in [0.1, 0.15) is 37.7 Å². The maximum Gasteiger partial charge on any atom is 0.131 e. The van der Waals surface area contributed by atoms with Crippen LogP contribution in [-0.4, -0.2) is 10.2 Å². The molecule has 4 heteroatoms. The van der Waals surface area contributed by atoms with Crippen LogP contribution in [0.2, 0.25) is 0 Å². The first-order valence-electron chi connectivity index (χ1n) is 4.95. The second-order valence-corrected chi connectivity index (χ2v) is 5.91. The predicted molar refractivity (Wildman–Crippen MR) is 60.1 cm³/mol. The monoisotopic (exact) mass is 213 g/mol. The fraction of sp³-hybridized carbons (Fsp3) is 0.800. The van der Waals surface area contributed by atoms with Gasteiger partial charge in [-0.05, 0) is 11.3 Å². The van der Waals surface area contributed by atoms with Crippen LogP contribution < -0.4 is 5.73 Å². The molecule has 3 nitrogen and oxygen atoms in total. The first-order chi connectivity index (χ1) is 6.43. The molecule has 0 aliphatic carbocycles. The van der Waals surface area contributed by atoms with Gasteiger partial charge in [-0.1, -0.05) is 27.7 Å². The molecular formula is C10H19N3S. The third-order valence-corrected chi connectivity index (χ3v) is 3.61. The summed E-state index contributed by atoms with van der Waals surface area (Å²) in [5.74, 6) is 0.612. The van der Waals surface area contributed by atoms with Crippen molar-refractivity contribution in [2.45, 2.75) is 40.7 Å². The van der Waals surface area contributed by atoms with Crippen LogP contribution in [0.4, 0.5) is 0 Å². The molecule has 2 N–H and O–H groups in total. The normalized spacial score (nSPS) is 14.4. The van der Waals surface area contributed by atoms with Crippen LogP contribution in [0.15, 0.2) is 0 Å². The number of hydrogen-bond acceptors (Lipinski definition) is 4. The van der Waals surface area contributed by atoms with Gasteiger partial charge in [0.2, 0.25) is 0 Å². The molecule has 1 aromatic heterocycles. The number of aromatic nitrogens is 2. The lowest BCUT2D eigenvalue weighted by atomic mass is 9.80. The molecule has 0 aromatic carbocycles. The van der Waals surface area contributed by atoms with E-state index >= 15 is 0 Å². The lowest BCUT2D eigenvalue weighted by Crippen LogP contribution is -2.19. The van der Waals surface area contributed by atoms with Crippen molar-refractivity contribution in [1.82, 2.24) is 10.2 Å². The van der Waals surface area contributed by atoms with Crippen molar-refractivity contribution in [3.05, 3.63) is 10.0 Å². The molecule has 1 heterocycles. The van der Waals surface area contributed by atoms with E-state index in [1.807, 2.05) is 0 Å². The molecule has 1 atom stereocenters. The third kappa shape index (κ3) is 3.03. The van der Waals surface area contributed by atoms with Gasteiger partial charge in [0.1, 0.15) is 10.0 Å². The molecule has 1 rings (SSSR count). The van der Waals surface area contributed by atoms with E-state index in [4.69, 9.17) is 5.73 Å².